The minimum absolute atomic E-state index is 0.0670. The summed E-state index contributed by atoms with van der Waals surface area (Å²) in [7, 11) is 0. The average Bonchev–Trinajstić information content (AvgIpc) is 3.17. The van der Waals surface area contributed by atoms with Crippen LogP contribution in [0.2, 0.25) is 0 Å². The summed E-state index contributed by atoms with van der Waals surface area (Å²) in [4.78, 5) is 14.5. The Morgan fingerprint density at radius 3 is 2.88 bits per heavy atom. The lowest BCUT2D eigenvalue weighted by atomic mass is 9.88. The number of carbonyl (C=O) groups is 1. The number of nitrogens with one attached hydrogen (secondary N) is 1. The molecule has 1 fully saturated rings. The van der Waals surface area contributed by atoms with Crippen LogP contribution in [0.1, 0.15) is 48.1 Å². The van der Waals surface area contributed by atoms with Gasteiger partial charge in [0.25, 0.3) is 0 Å². The molecule has 0 radical (unpaired) electrons. The van der Waals surface area contributed by atoms with Crippen molar-refractivity contribution < 1.29 is 9.90 Å². The Hall–Kier alpha value is -2.21. The Labute approximate surface area is 147 Å². The second-order valence-electron chi connectivity index (χ2n) is 7.29. The normalized spacial score (nSPS) is 23.3. The molecule has 0 bridgehead atoms. The van der Waals surface area contributed by atoms with Crippen molar-refractivity contribution in [3.05, 3.63) is 46.8 Å². The fourth-order valence-electron chi connectivity index (χ4n) is 4.07. The van der Waals surface area contributed by atoms with Crippen molar-refractivity contribution in [2.45, 2.75) is 50.5 Å². The molecule has 1 saturated heterocycles. The van der Waals surface area contributed by atoms with Crippen LogP contribution in [-0.2, 0) is 29.7 Å². The second kappa shape index (κ2) is 6.59. The maximum atomic E-state index is 12.8. The Kier molecular flexibility index (Phi) is 4.29. The van der Waals surface area contributed by atoms with Crippen LogP contribution in [0.15, 0.2) is 24.4 Å². The number of hydrogen-bond acceptors (Lipinski definition) is 4. The van der Waals surface area contributed by atoms with Gasteiger partial charge in [-0.2, -0.15) is 15.4 Å². The third-order valence-corrected chi connectivity index (χ3v) is 5.48. The number of carbonyl (C=O) groups excluding carboxylic acids is 1. The summed E-state index contributed by atoms with van der Waals surface area (Å²) in [5.41, 5.74) is 3.31. The van der Waals surface area contributed by atoms with E-state index in [9.17, 15) is 9.90 Å². The van der Waals surface area contributed by atoms with Gasteiger partial charge in [-0.05, 0) is 55.2 Å². The van der Waals surface area contributed by atoms with Gasteiger partial charge in [-0.15, -0.1) is 0 Å². The third-order valence-electron chi connectivity index (χ3n) is 5.48. The Morgan fingerprint density at radius 2 is 2.08 bits per heavy atom. The molecular weight excluding hydrogens is 316 g/mol. The van der Waals surface area contributed by atoms with E-state index in [0.29, 0.717) is 25.1 Å². The van der Waals surface area contributed by atoms with E-state index in [1.165, 1.54) is 30.2 Å². The molecular formula is C19H24N4O2. The predicted molar refractivity (Wildman–Crippen MR) is 92.9 cm³/mol. The highest BCUT2D eigenvalue weighted by atomic mass is 16.3. The van der Waals surface area contributed by atoms with Gasteiger partial charge in [0.2, 0.25) is 5.91 Å². The number of aliphatic hydroxyl groups is 1. The summed E-state index contributed by atoms with van der Waals surface area (Å²) in [5, 5.41) is 21.2. The molecule has 0 saturated carbocycles. The lowest BCUT2D eigenvalue weighted by Gasteiger charge is -2.38. The number of β-amino-alcohol motifs (C(OH)–C–C–N with tert-alkyl or cyclic N) is 1. The van der Waals surface area contributed by atoms with Gasteiger partial charge < -0.3 is 10.0 Å². The molecule has 0 spiro atoms. The van der Waals surface area contributed by atoms with Gasteiger partial charge in [0, 0.05) is 6.54 Å². The van der Waals surface area contributed by atoms with E-state index < -0.39 is 5.60 Å². The van der Waals surface area contributed by atoms with Crippen LogP contribution in [0.4, 0.5) is 0 Å². The highest BCUT2D eigenvalue weighted by Gasteiger charge is 2.38. The number of aryl methyl sites for hydroxylation is 2. The zero-order chi connectivity index (χ0) is 17.3. The number of H-pyrrole nitrogens is 1. The summed E-state index contributed by atoms with van der Waals surface area (Å²) >= 11 is 0. The van der Waals surface area contributed by atoms with Crippen molar-refractivity contribution in [3.8, 4) is 0 Å². The number of piperidine rings is 1. The first-order valence-electron chi connectivity index (χ1n) is 9.11. The van der Waals surface area contributed by atoms with E-state index in [-0.39, 0.29) is 12.5 Å². The standard InChI is InChI=1S/C19H24N4O2/c24-18(11-14-6-7-15-4-1-2-5-16(15)10-14)23-9-3-8-19(25,13-23)17-12-20-22-21-17/h6-7,10,12,25H,1-5,8-9,11,13H2,(H,20,21,22). The quantitative estimate of drug-likeness (QED) is 0.892. The Bertz CT molecular complexity index is 759. The number of hydrogen-bond donors (Lipinski definition) is 2. The molecule has 1 aliphatic heterocycles. The Balaban J connectivity index is 1.46. The maximum Gasteiger partial charge on any atom is 0.227 e. The van der Waals surface area contributed by atoms with E-state index >= 15 is 0 Å². The molecule has 2 aromatic rings. The topological polar surface area (TPSA) is 82.1 Å². The van der Waals surface area contributed by atoms with Gasteiger partial charge in [-0.3, -0.25) is 4.79 Å². The fraction of sp³-hybridized carbons (Fsp3) is 0.526. The van der Waals surface area contributed by atoms with E-state index in [1.807, 2.05) is 0 Å². The second-order valence-corrected chi connectivity index (χ2v) is 7.29. The van der Waals surface area contributed by atoms with Crippen LogP contribution in [0.5, 0.6) is 0 Å². The van der Waals surface area contributed by atoms with Crippen LogP contribution in [0.25, 0.3) is 0 Å². The molecule has 1 atom stereocenters. The first kappa shape index (κ1) is 16.3. The minimum atomic E-state index is -1.10. The fourth-order valence-corrected chi connectivity index (χ4v) is 4.07. The van der Waals surface area contributed by atoms with Crippen molar-refractivity contribution in [2.24, 2.45) is 0 Å². The number of benzene rings is 1. The first-order chi connectivity index (χ1) is 12.1. The van der Waals surface area contributed by atoms with Gasteiger partial charge in [0.1, 0.15) is 11.3 Å². The smallest absolute Gasteiger partial charge is 0.227 e. The van der Waals surface area contributed by atoms with Crippen LogP contribution in [-0.4, -0.2) is 44.4 Å². The van der Waals surface area contributed by atoms with Crippen LogP contribution in [0.3, 0.4) is 0 Å². The van der Waals surface area contributed by atoms with Crippen molar-refractivity contribution in [2.75, 3.05) is 13.1 Å². The highest BCUT2D eigenvalue weighted by molar-refractivity contribution is 5.79. The molecule has 2 aliphatic rings. The number of aromatic amines is 1. The summed E-state index contributed by atoms with van der Waals surface area (Å²) < 4.78 is 0. The first-order valence-corrected chi connectivity index (χ1v) is 9.11. The lowest BCUT2D eigenvalue weighted by Crippen LogP contribution is -2.49. The number of nitrogens with zero attached hydrogens (tertiary/aromatic N) is 3. The third kappa shape index (κ3) is 3.31. The maximum absolute atomic E-state index is 12.8. The number of rotatable bonds is 3. The molecule has 6 heteroatoms. The molecule has 25 heavy (non-hydrogen) atoms. The van der Waals surface area contributed by atoms with Crippen molar-refractivity contribution in [1.82, 2.24) is 20.3 Å². The van der Waals surface area contributed by atoms with Gasteiger partial charge in [0.15, 0.2) is 0 Å². The highest BCUT2D eigenvalue weighted by Crippen LogP contribution is 2.30. The van der Waals surface area contributed by atoms with E-state index in [2.05, 4.69) is 33.6 Å². The molecule has 4 rings (SSSR count). The zero-order valence-electron chi connectivity index (χ0n) is 14.4. The summed E-state index contributed by atoms with van der Waals surface area (Å²) in [5.74, 6) is 0.0670. The minimum Gasteiger partial charge on any atom is -0.382 e. The molecule has 2 N–H and O–H groups in total. The molecule has 1 aromatic heterocycles. The number of aromatic nitrogens is 3. The average molecular weight is 340 g/mol. The molecule has 1 aromatic carbocycles. The van der Waals surface area contributed by atoms with Gasteiger partial charge in [0.05, 0.1) is 19.2 Å². The van der Waals surface area contributed by atoms with Crippen molar-refractivity contribution >= 4 is 5.91 Å². The summed E-state index contributed by atoms with van der Waals surface area (Å²) in [6, 6.07) is 6.45. The largest absolute Gasteiger partial charge is 0.382 e. The zero-order valence-corrected chi connectivity index (χ0v) is 14.4. The van der Waals surface area contributed by atoms with Gasteiger partial charge in [-0.1, -0.05) is 18.2 Å². The molecule has 2 heterocycles. The number of fused-ring (bicyclic) bond motifs is 1. The van der Waals surface area contributed by atoms with E-state index in [1.54, 1.807) is 4.90 Å². The van der Waals surface area contributed by atoms with Gasteiger partial charge >= 0.3 is 0 Å². The summed E-state index contributed by atoms with van der Waals surface area (Å²) in [6.07, 6.45) is 8.06. The molecule has 1 unspecified atom stereocenters. The van der Waals surface area contributed by atoms with E-state index in [4.69, 9.17) is 0 Å². The predicted octanol–water partition coefficient (Wildman–Crippen LogP) is 1.74. The molecule has 6 nitrogen and oxygen atoms in total. The summed E-state index contributed by atoms with van der Waals surface area (Å²) in [6.45, 7) is 0.966. The lowest BCUT2D eigenvalue weighted by molar-refractivity contribution is -0.138. The van der Waals surface area contributed by atoms with Crippen molar-refractivity contribution in [1.29, 1.82) is 0 Å². The van der Waals surface area contributed by atoms with Crippen LogP contribution in [0, 0.1) is 0 Å². The SMILES string of the molecule is O=C(Cc1ccc2c(c1)CCCC2)N1CCCC(O)(c2cn[nH]n2)C1. The number of likely N-dealkylation sites (tertiary alicyclic amines) is 1. The van der Waals surface area contributed by atoms with E-state index in [0.717, 1.165) is 24.8 Å². The van der Waals surface area contributed by atoms with Gasteiger partial charge in [-0.25, -0.2) is 0 Å². The molecule has 1 aliphatic carbocycles. The van der Waals surface area contributed by atoms with Crippen LogP contribution < -0.4 is 0 Å². The van der Waals surface area contributed by atoms with Crippen molar-refractivity contribution in [3.63, 3.8) is 0 Å². The monoisotopic (exact) mass is 340 g/mol. The van der Waals surface area contributed by atoms with Crippen LogP contribution >= 0.6 is 0 Å². The molecule has 132 valence electrons. The number of amides is 1. The molecule has 1 amide bonds. The Morgan fingerprint density at radius 1 is 1.24 bits per heavy atom.